The summed E-state index contributed by atoms with van der Waals surface area (Å²) in [7, 11) is 3.29. The Hall–Kier alpha value is -2.15. The summed E-state index contributed by atoms with van der Waals surface area (Å²) in [4.78, 5) is 35.0. The molecular formula is C24H33ClN6O4S. The van der Waals surface area contributed by atoms with E-state index in [9.17, 15) is 19.2 Å². The van der Waals surface area contributed by atoms with Crippen molar-refractivity contribution in [3.8, 4) is 0 Å². The largest absolute Gasteiger partial charge is 0.611 e. The van der Waals surface area contributed by atoms with E-state index in [1.54, 1.807) is 30.8 Å². The summed E-state index contributed by atoms with van der Waals surface area (Å²) in [5.74, 6) is 0.636. The molecule has 4 rings (SSSR count). The van der Waals surface area contributed by atoms with Crippen LogP contribution in [0, 0.1) is 0 Å². The summed E-state index contributed by atoms with van der Waals surface area (Å²) >= 11 is 4.88. The highest BCUT2D eigenvalue weighted by atomic mass is 35.5. The summed E-state index contributed by atoms with van der Waals surface area (Å²) in [6.07, 6.45) is 2.53. The molecule has 10 nitrogen and oxygen atoms in total. The second-order valence-electron chi connectivity index (χ2n) is 9.29. The number of fused-ring (bicyclic) bond motifs is 1. The number of hydrogen-bond acceptors (Lipinski definition) is 7. The summed E-state index contributed by atoms with van der Waals surface area (Å²) < 4.78 is 16.4. The molecule has 2 aromatic heterocycles. The highest BCUT2D eigenvalue weighted by Gasteiger charge is 2.22. The van der Waals surface area contributed by atoms with Crippen LogP contribution in [0.5, 0.6) is 0 Å². The van der Waals surface area contributed by atoms with Crippen LogP contribution in [-0.4, -0.2) is 89.3 Å². The van der Waals surface area contributed by atoms with Crippen molar-refractivity contribution in [2.45, 2.75) is 30.4 Å². The zero-order valence-corrected chi connectivity index (χ0v) is 22.2. The lowest BCUT2D eigenvalue weighted by molar-refractivity contribution is 0.0628. The molecule has 1 aliphatic rings. The Morgan fingerprint density at radius 1 is 1.06 bits per heavy atom. The van der Waals surface area contributed by atoms with Crippen molar-refractivity contribution in [1.82, 2.24) is 28.5 Å². The molecule has 196 valence electrons. The zero-order valence-electron chi connectivity index (χ0n) is 20.7. The van der Waals surface area contributed by atoms with E-state index in [1.807, 2.05) is 12.1 Å². The van der Waals surface area contributed by atoms with Crippen molar-refractivity contribution in [3.05, 3.63) is 56.5 Å². The number of piperazine rings is 1. The molecule has 0 spiro atoms. The lowest BCUT2D eigenvalue weighted by Gasteiger charge is -2.35. The third kappa shape index (κ3) is 6.21. The molecule has 0 amide bonds. The summed E-state index contributed by atoms with van der Waals surface area (Å²) in [5, 5.41) is 11.3. The maximum absolute atomic E-state index is 12.8. The Morgan fingerprint density at radius 2 is 1.72 bits per heavy atom. The second-order valence-corrected chi connectivity index (χ2v) is 11.3. The molecule has 1 N–H and O–H groups in total. The lowest BCUT2D eigenvalue weighted by Crippen LogP contribution is -2.50. The molecule has 12 heteroatoms. The molecule has 1 fully saturated rings. The van der Waals surface area contributed by atoms with E-state index in [-0.39, 0.29) is 6.54 Å². The average molecular weight is 537 g/mol. The number of rotatable bonds is 10. The highest BCUT2D eigenvalue weighted by Crippen LogP contribution is 2.16. The van der Waals surface area contributed by atoms with Gasteiger partial charge in [-0.2, -0.15) is 0 Å². The number of aliphatic hydroxyl groups is 1. The third-order valence-electron chi connectivity index (χ3n) is 6.66. The van der Waals surface area contributed by atoms with Gasteiger partial charge in [-0.15, -0.1) is 0 Å². The molecule has 3 heterocycles. The number of nitrogens with zero attached hydrogens (tertiary/aromatic N) is 6. The van der Waals surface area contributed by atoms with E-state index < -0.39 is 28.5 Å². The number of aryl methyl sites for hydroxylation is 2. The van der Waals surface area contributed by atoms with Crippen molar-refractivity contribution >= 4 is 33.9 Å². The number of β-amino-alcohol motifs (C(OH)–C–C–N with tert-alkyl or cyclic N) is 1. The number of imidazole rings is 1. The van der Waals surface area contributed by atoms with E-state index >= 15 is 0 Å². The minimum Gasteiger partial charge on any atom is -0.611 e. The average Bonchev–Trinajstić information content (AvgIpc) is 3.26. The Kier molecular flexibility index (Phi) is 8.91. The summed E-state index contributed by atoms with van der Waals surface area (Å²) in [6.45, 7) is 4.67. The van der Waals surface area contributed by atoms with Crippen LogP contribution in [0.25, 0.3) is 11.2 Å². The van der Waals surface area contributed by atoms with Crippen LogP contribution in [0.15, 0.2) is 45.1 Å². The van der Waals surface area contributed by atoms with Gasteiger partial charge in [0.2, 0.25) is 0 Å². The van der Waals surface area contributed by atoms with Crippen LogP contribution >= 0.6 is 11.6 Å². The quantitative estimate of drug-likeness (QED) is 0.299. The van der Waals surface area contributed by atoms with Crippen molar-refractivity contribution in [2.75, 3.05) is 45.0 Å². The second kappa shape index (κ2) is 11.9. The van der Waals surface area contributed by atoms with Gasteiger partial charge in [0.1, 0.15) is 5.75 Å². The molecular weight excluding hydrogens is 504 g/mol. The van der Waals surface area contributed by atoms with Crippen LogP contribution in [-0.2, 0) is 31.8 Å². The summed E-state index contributed by atoms with van der Waals surface area (Å²) in [6, 6.07) is 7.17. The van der Waals surface area contributed by atoms with E-state index in [1.165, 1.54) is 10.9 Å². The standard InChI is InChI=1S/C24H33ClN6O4S/c1-27-17-26-22-21(27)23(33)31(24(34)28(22)2)16-19(32)15-30-12-10-29(11-13-30)9-3-4-14-36(35)20-7-5-18(25)6-8-20/h5-8,17,19,32H,3-4,9-16H2,1-2H3. The normalized spacial score (nSPS) is 17.0. The van der Waals surface area contributed by atoms with Gasteiger partial charge in [0, 0.05) is 51.8 Å². The van der Waals surface area contributed by atoms with Crippen molar-refractivity contribution in [3.63, 3.8) is 0 Å². The minimum absolute atomic E-state index is 0.0579. The summed E-state index contributed by atoms with van der Waals surface area (Å²) in [5.41, 5.74) is -0.235. The SMILES string of the molecule is Cn1cnc2c1c(=O)n(CC(O)CN1CCN(CCCC[S+]([O-])c3ccc(Cl)cc3)CC1)c(=O)n2C. The van der Waals surface area contributed by atoms with Gasteiger partial charge in [0.25, 0.3) is 5.56 Å². The molecule has 0 saturated carbocycles. The molecule has 1 aromatic carbocycles. The Bertz CT molecular complexity index is 1280. The van der Waals surface area contributed by atoms with E-state index in [4.69, 9.17) is 11.6 Å². The predicted molar refractivity (Wildman–Crippen MR) is 141 cm³/mol. The third-order valence-corrected chi connectivity index (χ3v) is 8.37. The van der Waals surface area contributed by atoms with Gasteiger partial charge in [-0.25, -0.2) is 9.78 Å². The van der Waals surface area contributed by atoms with E-state index in [2.05, 4.69) is 14.8 Å². The first-order chi connectivity index (χ1) is 17.2. The van der Waals surface area contributed by atoms with E-state index in [0.29, 0.717) is 28.5 Å². The lowest BCUT2D eigenvalue weighted by atomic mass is 10.2. The molecule has 36 heavy (non-hydrogen) atoms. The first kappa shape index (κ1) is 26.9. The Morgan fingerprint density at radius 3 is 2.42 bits per heavy atom. The van der Waals surface area contributed by atoms with Gasteiger partial charge in [0.05, 0.1) is 19.0 Å². The molecule has 0 bridgehead atoms. The minimum atomic E-state index is -1.01. The highest BCUT2D eigenvalue weighted by molar-refractivity contribution is 7.91. The van der Waals surface area contributed by atoms with Crippen LogP contribution < -0.4 is 11.2 Å². The van der Waals surface area contributed by atoms with Gasteiger partial charge >= 0.3 is 5.69 Å². The molecule has 2 unspecified atom stereocenters. The molecule has 1 aliphatic heterocycles. The number of unbranched alkanes of at least 4 members (excludes halogenated alkanes) is 1. The van der Waals surface area contributed by atoms with Crippen LogP contribution in [0.2, 0.25) is 5.02 Å². The number of halogens is 1. The molecule has 2 atom stereocenters. The first-order valence-corrected chi connectivity index (χ1v) is 13.8. The van der Waals surface area contributed by atoms with Crippen LogP contribution in [0.3, 0.4) is 0 Å². The van der Waals surface area contributed by atoms with Gasteiger partial charge in [-0.3, -0.25) is 18.8 Å². The van der Waals surface area contributed by atoms with Crippen molar-refractivity contribution in [2.24, 2.45) is 14.1 Å². The van der Waals surface area contributed by atoms with Crippen molar-refractivity contribution < 1.29 is 9.66 Å². The monoisotopic (exact) mass is 536 g/mol. The van der Waals surface area contributed by atoms with Crippen molar-refractivity contribution in [1.29, 1.82) is 0 Å². The van der Waals surface area contributed by atoms with Gasteiger partial charge in [0.15, 0.2) is 16.1 Å². The maximum atomic E-state index is 12.8. The van der Waals surface area contributed by atoms with Gasteiger partial charge in [-0.05, 0) is 54.8 Å². The van der Waals surface area contributed by atoms with Gasteiger partial charge in [-0.1, -0.05) is 11.6 Å². The smallest absolute Gasteiger partial charge is 0.332 e. The van der Waals surface area contributed by atoms with Crippen LogP contribution in [0.4, 0.5) is 0 Å². The molecule has 3 aromatic rings. The Labute approximate surface area is 217 Å². The fraction of sp³-hybridized carbons (Fsp3) is 0.542. The van der Waals surface area contributed by atoms with Gasteiger partial charge < -0.3 is 19.1 Å². The number of hydrogen-bond donors (Lipinski definition) is 1. The fourth-order valence-corrected chi connectivity index (χ4v) is 5.86. The number of aromatic nitrogens is 4. The fourth-order valence-electron chi connectivity index (χ4n) is 4.59. The molecule has 0 radical (unpaired) electrons. The first-order valence-electron chi connectivity index (χ1n) is 12.1. The predicted octanol–water partition coefficient (Wildman–Crippen LogP) is 0.654. The molecule has 1 saturated heterocycles. The zero-order chi connectivity index (χ0) is 25.8. The maximum Gasteiger partial charge on any atom is 0.332 e. The Balaban J connectivity index is 1.20. The topological polar surface area (TPSA) is 112 Å². The number of aliphatic hydroxyl groups excluding tert-OH is 1. The van der Waals surface area contributed by atoms with E-state index in [0.717, 1.165) is 55.0 Å². The molecule has 0 aliphatic carbocycles. The number of benzene rings is 1. The van der Waals surface area contributed by atoms with Crippen LogP contribution in [0.1, 0.15) is 12.8 Å².